The third-order valence-electron chi connectivity index (χ3n) is 5.40. The topological polar surface area (TPSA) is 34.4 Å². The summed E-state index contributed by atoms with van der Waals surface area (Å²) in [5.41, 5.74) is 4.92. The first-order valence-electron chi connectivity index (χ1n) is 8.86. The Morgan fingerprint density at radius 3 is 2.85 bits per heavy atom. The van der Waals surface area contributed by atoms with Crippen LogP contribution in [0.3, 0.4) is 0 Å². The van der Waals surface area contributed by atoms with Gasteiger partial charge in [0.25, 0.3) is 0 Å². The van der Waals surface area contributed by atoms with Crippen LogP contribution in [0.5, 0.6) is 0 Å². The van der Waals surface area contributed by atoms with Crippen molar-refractivity contribution in [1.29, 1.82) is 0 Å². The van der Waals surface area contributed by atoms with Crippen molar-refractivity contribution in [2.24, 2.45) is 10.9 Å². The van der Waals surface area contributed by atoms with Crippen LogP contribution in [0.15, 0.2) is 65.8 Å². The zero-order valence-electron chi connectivity index (χ0n) is 14.2. The maximum atomic E-state index is 14.3. The zero-order chi connectivity index (χ0) is 17.7. The SMILES string of the molecule is O=C1c2ccccc2CCC1C1=NCc2c(F)cccc2-n2cccc21. The van der Waals surface area contributed by atoms with E-state index in [9.17, 15) is 9.18 Å². The van der Waals surface area contributed by atoms with Gasteiger partial charge in [0, 0.05) is 17.3 Å². The fraction of sp³-hybridized carbons (Fsp3) is 0.182. The maximum Gasteiger partial charge on any atom is 0.172 e. The average molecular weight is 344 g/mol. The van der Waals surface area contributed by atoms with Crippen LogP contribution in [-0.2, 0) is 13.0 Å². The molecule has 2 aliphatic rings. The second kappa shape index (κ2) is 5.77. The molecule has 2 heterocycles. The minimum atomic E-state index is -0.282. The lowest BCUT2D eigenvalue weighted by atomic mass is 9.79. The Hall–Kier alpha value is -3.01. The molecule has 128 valence electrons. The van der Waals surface area contributed by atoms with E-state index in [4.69, 9.17) is 4.99 Å². The molecule has 0 saturated heterocycles. The van der Waals surface area contributed by atoms with Crippen LogP contribution in [0.1, 0.15) is 33.6 Å². The number of ketones is 1. The fourth-order valence-corrected chi connectivity index (χ4v) is 4.12. The predicted octanol–water partition coefficient (Wildman–Crippen LogP) is 4.36. The second-order valence-electron chi connectivity index (χ2n) is 6.82. The summed E-state index contributed by atoms with van der Waals surface area (Å²) in [4.78, 5) is 17.9. The van der Waals surface area contributed by atoms with Crippen molar-refractivity contribution in [1.82, 2.24) is 4.57 Å². The van der Waals surface area contributed by atoms with Gasteiger partial charge in [-0.25, -0.2) is 4.39 Å². The van der Waals surface area contributed by atoms with E-state index in [2.05, 4.69) is 0 Å². The second-order valence-corrected chi connectivity index (χ2v) is 6.82. The molecule has 1 aliphatic carbocycles. The van der Waals surface area contributed by atoms with E-state index in [0.29, 0.717) is 5.56 Å². The van der Waals surface area contributed by atoms with Gasteiger partial charge in [0.1, 0.15) is 5.82 Å². The van der Waals surface area contributed by atoms with Crippen LogP contribution in [-0.4, -0.2) is 16.1 Å². The zero-order valence-corrected chi connectivity index (χ0v) is 14.2. The van der Waals surface area contributed by atoms with Gasteiger partial charge in [-0.05, 0) is 42.7 Å². The first-order valence-corrected chi connectivity index (χ1v) is 8.86. The van der Waals surface area contributed by atoms with Gasteiger partial charge in [-0.3, -0.25) is 9.79 Å². The molecule has 2 aromatic carbocycles. The van der Waals surface area contributed by atoms with Crippen molar-refractivity contribution in [2.45, 2.75) is 19.4 Å². The number of halogens is 1. The Bertz CT molecular complexity index is 1060. The van der Waals surface area contributed by atoms with Crippen molar-refractivity contribution < 1.29 is 9.18 Å². The molecule has 1 unspecified atom stereocenters. The molecule has 5 rings (SSSR count). The van der Waals surface area contributed by atoms with E-state index in [1.807, 2.05) is 53.2 Å². The number of nitrogens with zero attached hydrogens (tertiary/aromatic N) is 2. The lowest BCUT2D eigenvalue weighted by molar-refractivity contribution is 0.0940. The van der Waals surface area contributed by atoms with Gasteiger partial charge in [-0.15, -0.1) is 0 Å². The van der Waals surface area contributed by atoms with Crippen molar-refractivity contribution in [3.05, 3.63) is 89.0 Å². The highest BCUT2D eigenvalue weighted by molar-refractivity contribution is 6.19. The van der Waals surface area contributed by atoms with Crippen LogP contribution in [0, 0.1) is 11.7 Å². The summed E-state index contributed by atoms with van der Waals surface area (Å²) >= 11 is 0. The molecule has 0 fully saturated rings. The highest BCUT2D eigenvalue weighted by atomic mass is 19.1. The highest BCUT2D eigenvalue weighted by Crippen LogP contribution is 2.32. The summed E-state index contributed by atoms with van der Waals surface area (Å²) in [5, 5.41) is 0. The number of Topliss-reactive ketones (excluding diaryl/α,β-unsaturated/α-hetero) is 1. The van der Waals surface area contributed by atoms with Gasteiger partial charge < -0.3 is 4.57 Å². The summed E-state index contributed by atoms with van der Waals surface area (Å²) in [6.45, 7) is 0.254. The number of aliphatic imine (C=N–C) groups is 1. The number of carbonyl (C=O) groups excluding carboxylic acids is 1. The Morgan fingerprint density at radius 1 is 1.04 bits per heavy atom. The third kappa shape index (κ3) is 2.18. The van der Waals surface area contributed by atoms with Gasteiger partial charge in [0.05, 0.1) is 29.6 Å². The van der Waals surface area contributed by atoms with Crippen LogP contribution in [0.4, 0.5) is 4.39 Å². The normalized spacial score (nSPS) is 18.4. The molecular formula is C22H17FN2O. The van der Waals surface area contributed by atoms with Crippen molar-refractivity contribution >= 4 is 11.5 Å². The first kappa shape index (κ1) is 15.3. The van der Waals surface area contributed by atoms with Crippen LogP contribution < -0.4 is 0 Å². The lowest BCUT2D eigenvalue weighted by Gasteiger charge is -2.24. The Kier molecular flexibility index (Phi) is 3.38. The van der Waals surface area contributed by atoms with E-state index in [-0.39, 0.29) is 24.1 Å². The van der Waals surface area contributed by atoms with Gasteiger partial charge in [0.2, 0.25) is 0 Å². The predicted molar refractivity (Wildman–Crippen MR) is 98.6 cm³/mol. The smallest absolute Gasteiger partial charge is 0.172 e. The molecule has 26 heavy (non-hydrogen) atoms. The minimum absolute atomic E-state index is 0.116. The van der Waals surface area contributed by atoms with Crippen molar-refractivity contribution in [2.75, 3.05) is 0 Å². The molecule has 0 radical (unpaired) electrons. The molecule has 0 amide bonds. The largest absolute Gasteiger partial charge is 0.315 e. The highest BCUT2D eigenvalue weighted by Gasteiger charge is 2.34. The Labute approximate surface area is 150 Å². The molecule has 3 aromatic rings. The first-order chi connectivity index (χ1) is 12.7. The molecule has 0 saturated carbocycles. The molecule has 1 atom stereocenters. The van der Waals surface area contributed by atoms with E-state index in [0.717, 1.165) is 41.1 Å². The summed E-state index contributed by atoms with van der Waals surface area (Å²) < 4.78 is 16.3. The van der Waals surface area contributed by atoms with E-state index >= 15 is 0 Å². The number of fused-ring (bicyclic) bond motifs is 4. The van der Waals surface area contributed by atoms with E-state index in [1.54, 1.807) is 6.07 Å². The van der Waals surface area contributed by atoms with Gasteiger partial charge in [-0.1, -0.05) is 30.3 Å². The molecule has 3 nitrogen and oxygen atoms in total. The van der Waals surface area contributed by atoms with Gasteiger partial charge in [-0.2, -0.15) is 0 Å². The van der Waals surface area contributed by atoms with Crippen LogP contribution in [0.25, 0.3) is 5.69 Å². The molecule has 4 heteroatoms. The molecule has 1 aromatic heterocycles. The number of hydrogen-bond acceptors (Lipinski definition) is 2. The maximum absolute atomic E-state index is 14.3. The minimum Gasteiger partial charge on any atom is -0.315 e. The van der Waals surface area contributed by atoms with E-state index in [1.165, 1.54) is 6.07 Å². The standard InChI is InChI=1S/C22H17FN2O/c23-18-7-3-8-19-17(18)13-24-21(20-9-4-12-25(19)20)16-11-10-14-5-1-2-6-15(14)22(16)26/h1-9,12,16H,10-11,13H2. The Morgan fingerprint density at radius 2 is 1.92 bits per heavy atom. The average Bonchev–Trinajstić information content (AvgIpc) is 3.08. The third-order valence-corrected chi connectivity index (χ3v) is 5.40. The van der Waals surface area contributed by atoms with Crippen LogP contribution in [0.2, 0.25) is 0 Å². The quantitative estimate of drug-likeness (QED) is 0.646. The summed E-state index contributed by atoms with van der Waals surface area (Å²) in [5.74, 6) is -0.423. The van der Waals surface area contributed by atoms with Gasteiger partial charge in [0.15, 0.2) is 5.78 Å². The number of aromatic nitrogens is 1. The number of rotatable bonds is 1. The molecule has 1 aliphatic heterocycles. The number of benzene rings is 2. The number of hydrogen-bond donors (Lipinski definition) is 0. The number of carbonyl (C=O) groups is 1. The summed E-state index contributed by atoms with van der Waals surface area (Å²) in [7, 11) is 0. The molecule has 0 N–H and O–H groups in total. The van der Waals surface area contributed by atoms with Crippen LogP contribution >= 0.6 is 0 Å². The summed E-state index contributed by atoms with van der Waals surface area (Å²) in [6.07, 6.45) is 3.50. The van der Waals surface area contributed by atoms with E-state index < -0.39 is 0 Å². The molecule has 0 bridgehead atoms. The lowest BCUT2D eigenvalue weighted by Crippen LogP contribution is -2.31. The van der Waals surface area contributed by atoms with Crippen molar-refractivity contribution in [3.63, 3.8) is 0 Å². The number of aryl methyl sites for hydroxylation is 1. The molecule has 0 spiro atoms. The Balaban J connectivity index is 1.64. The fourth-order valence-electron chi connectivity index (χ4n) is 4.12. The van der Waals surface area contributed by atoms with Gasteiger partial charge >= 0.3 is 0 Å². The molecular weight excluding hydrogens is 327 g/mol. The summed E-state index contributed by atoms with van der Waals surface area (Å²) in [6, 6.07) is 16.8. The van der Waals surface area contributed by atoms with Crippen molar-refractivity contribution in [3.8, 4) is 5.69 Å². The monoisotopic (exact) mass is 344 g/mol.